The van der Waals surface area contributed by atoms with E-state index >= 15 is 0 Å². The second kappa shape index (κ2) is 10.8. The molecule has 2 aliphatic heterocycles. The van der Waals surface area contributed by atoms with Crippen LogP contribution in [-0.4, -0.2) is 34.5 Å². The van der Waals surface area contributed by atoms with Crippen molar-refractivity contribution in [3.63, 3.8) is 0 Å². The minimum absolute atomic E-state index is 0.00136. The van der Waals surface area contributed by atoms with Gasteiger partial charge in [0.25, 0.3) is 5.78 Å². The number of hydrogen-bond acceptors (Lipinski definition) is 7. The number of thiazole rings is 1. The summed E-state index contributed by atoms with van der Waals surface area (Å²) in [7, 11) is 0. The molecule has 2 atom stereocenters. The number of fused-ring (bicyclic) bond motifs is 2. The average Bonchev–Trinajstić information content (AvgIpc) is 3.60. The van der Waals surface area contributed by atoms with E-state index in [1.54, 1.807) is 30.3 Å². The van der Waals surface area contributed by atoms with E-state index in [1.165, 1.54) is 16.2 Å². The number of ether oxygens (including phenoxy) is 2. The van der Waals surface area contributed by atoms with Gasteiger partial charge in [-0.15, -0.1) is 0 Å². The number of rotatable bonds is 7. The van der Waals surface area contributed by atoms with E-state index < -0.39 is 17.7 Å². The maximum absolute atomic E-state index is 13.7. The number of benzene rings is 3. The zero-order valence-electron chi connectivity index (χ0n) is 22.9. The minimum Gasteiger partial charge on any atom is -0.507 e. The van der Waals surface area contributed by atoms with E-state index in [0.717, 1.165) is 22.4 Å². The monoisotopic (exact) mass is 588 g/mol. The topological polar surface area (TPSA) is 89.0 Å². The number of hydrogen-bond donors (Lipinski definition) is 1. The Labute approximate surface area is 247 Å². The third kappa shape index (κ3) is 5.18. The van der Waals surface area contributed by atoms with Gasteiger partial charge in [-0.05, 0) is 78.9 Å². The number of anilines is 1. The SMILES string of the molecule is CC(C)CCOc1cccc([C@@H]2C(=C(O)c3ccc4c(c3)C[C@@H](C)O4)C(=O)C(=O)N2c2nc3ccc(Cl)cc3s2)c1. The number of nitrogens with zero attached hydrogens (tertiary/aromatic N) is 2. The van der Waals surface area contributed by atoms with Crippen molar-refractivity contribution in [2.24, 2.45) is 5.92 Å². The second-order valence-corrected chi connectivity index (χ2v) is 12.3. The van der Waals surface area contributed by atoms with Crippen molar-refractivity contribution in [3.8, 4) is 11.5 Å². The molecule has 1 fully saturated rings. The molecule has 0 aliphatic carbocycles. The van der Waals surface area contributed by atoms with Crippen LogP contribution in [0.3, 0.4) is 0 Å². The number of halogens is 1. The second-order valence-electron chi connectivity index (χ2n) is 10.8. The fourth-order valence-electron chi connectivity index (χ4n) is 5.25. The lowest BCUT2D eigenvalue weighted by Crippen LogP contribution is -2.29. The van der Waals surface area contributed by atoms with Crippen molar-refractivity contribution < 1.29 is 24.2 Å². The first-order chi connectivity index (χ1) is 19.7. The smallest absolute Gasteiger partial charge is 0.301 e. The van der Waals surface area contributed by atoms with Crippen LogP contribution in [0.4, 0.5) is 5.13 Å². The van der Waals surface area contributed by atoms with Gasteiger partial charge in [-0.3, -0.25) is 14.5 Å². The molecule has 1 saturated heterocycles. The molecule has 9 heteroatoms. The van der Waals surface area contributed by atoms with Crippen LogP contribution in [0.2, 0.25) is 5.02 Å². The predicted molar refractivity (Wildman–Crippen MR) is 161 cm³/mol. The van der Waals surface area contributed by atoms with Gasteiger partial charge in [-0.2, -0.15) is 0 Å². The summed E-state index contributed by atoms with van der Waals surface area (Å²) >= 11 is 7.47. The fourth-order valence-corrected chi connectivity index (χ4v) is 6.51. The van der Waals surface area contributed by atoms with E-state index in [4.69, 9.17) is 21.1 Å². The molecule has 4 aromatic rings. The van der Waals surface area contributed by atoms with Crippen molar-refractivity contribution in [3.05, 3.63) is 87.9 Å². The van der Waals surface area contributed by atoms with E-state index in [2.05, 4.69) is 18.8 Å². The van der Waals surface area contributed by atoms with Crippen molar-refractivity contribution in [1.29, 1.82) is 0 Å². The Bertz CT molecular complexity index is 1710. The lowest BCUT2D eigenvalue weighted by molar-refractivity contribution is -0.132. The number of carbonyl (C=O) groups is 2. The quantitative estimate of drug-likeness (QED) is 0.138. The van der Waals surface area contributed by atoms with Crippen molar-refractivity contribution >= 4 is 55.7 Å². The number of amides is 1. The summed E-state index contributed by atoms with van der Waals surface area (Å²) in [6.45, 7) is 6.77. The molecule has 3 aromatic carbocycles. The van der Waals surface area contributed by atoms with Crippen LogP contribution in [-0.2, 0) is 16.0 Å². The number of aliphatic hydroxyl groups excluding tert-OH is 1. The Hall–Kier alpha value is -3.88. The Kier molecular flexibility index (Phi) is 7.21. The summed E-state index contributed by atoms with van der Waals surface area (Å²) in [5.41, 5.74) is 2.68. The Morgan fingerprint density at radius 1 is 1.17 bits per heavy atom. The van der Waals surface area contributed by atoms with Crippen LogP contribution in [0.5, 0.6) is 11.5 Å². The highest BCUT2D eigenvalue weighted by Crippen LogP contribution is 2.45. The highest BCUT2D eigenvalue weighted by atomic mass is 35.5. The van der Waals surface area contributed by atoms with Crippen LogP contribution in [0.1, 0.15) is 49.9 Å². The van der Waals surface area contributed by atoms with Gasteiger partial charge >= 0.3 is 5.91 Å². The first kappa shape index (κ1) is 27.3. The number of Topliss-reactive ketones (excluding diaryl/α,β-unsaturated/α-hetero) is 1. The minimum atomic E-state index is -0.914. The van der Waals surface area contributed by atoms with Crippen molar-refractivity contribution in [2.75, 3.05) is 11.5 Å². The number of ketones is 1. The largest absolute Gasteiger partial charge is 0.507 e. The first-order valence-electron chi connectivity index (χ1n) is 13.6. The summed E-state index contributed by atoms with van der Waals surface area (Å²) in [6, 6.07) is 17.0. The molecule has 2 aliphatic rings. The lowest BCUT2D eigenvalue weighted by Gasteiger charge is -2.23. The van der Waals surface area contributed by atoms with Gasteiger partial charge in [0.1, 0.15) is 23.4 Å². The highest BCUT2D eigenvalue weighted by molar-refractivity contribution is 7.22. The van der Waals surface area contributed by atoms with Gasteiger partial charge in [0.2, 0.25) is 0 Å². The summed E-state index contributed by atoms with van der Waals surface area (Å²) in [4.78, 5) is 33.4. The third-order valence-corrected chi connectivity index (χ3v) is 8.55. The van der Waals surface area contributed by atoms with Gasteiger partial charge in [0, 0.05) is 17.0 Å². The first-order valence-corrected chi connectivity index (χ1v) is 14.8. The zero-order valence-corrected chi connectivity index (χ0v) is 24.5. The predicted octanol–water partition coefficient (Wildman–Crippen LogP) is 7.32. The molecular formula is C32H29ClN2O5S. The van der Waals surface area contributed by atoms with E-state index in [1.807, 2.05) is 37.3 Å². The van der Waals surface area contributed by atoms with E-state index in [0.29, 0.717) is 51.5 Å². The number of carbonyl (C=O) groups excluding carboxylic acids is 2. The lowest BCUT2D eigenvalue weighted by atomic mass is 9.94. The molecule has 0 saturated carbocycles. The fraction of sp³-hybridized carbons (Fsp3) is 0.281. The highest BCUT2D eigenvalue weighted by Gasteiger charge is 2.48. The summed E-state index contributed by atoms with van der Waals surface area (Å²) < 4.78 is 12.6. The average molecular weight is 589 g/mol. The Morgan fingerprint density at radius 2 is 2.00 bits per heavy atom. The summed E-state index contributed by atoms with van der Waals surface area (Å²) in [5.74, 6) is 0.0814. The maximum atomic E-state index is 13.7. The van der Waals surface area contributed by atoms with E-state index in [-0.39, 0.29) is 17.4 Å². The van der Waals surface area contributed by atoms with Gasteiger partial charge in [-0.1, -0.05) is 48.9 Å². The van der Waals surface area contributed by atoms with Crippen LogP contribution >= 0.6 is 22.9 Å². The molecule has 0 radical (unpaired) electrons. The number of aliphatic hydroxyl groups is 1. The summed E-state index contributed by atoms with van der Waals surface area (Å²) in [5, 5.41) is 12.5. The van der Waals surface area contributed by atoms with Crippen molar-refractivity contribution in [2.45, 2.75) is 45.8 Å². The Balaban J connectivity index is 1.48. The maximum Gasteiger partial charge on any atom is 0.301 e. The molecule has 6 rings (SSSR count). The molecule has 41 heavy (non-hydrogen) atoms. The van der Waals surface area contributed by atoms with E-state index in [9.17, 15) is 14.7 Å². The molecular weight excluding hydrogens is 560 g/mol. The van der Waals surface area contributed by atoms with Gasteiger partial charge in [-0.25, -0.2) is 4.98 Å². The molecule has 7 nitrogen and oxygen atoms in total. The zero-order chi connectivity index (χ0) is 28.8. The summed E-state index contributed by atoms with van der Waals surface area (Å²) in [6.07, 6.45) is 1.61. The third-order valence-electron chi connectivity index (χ3n) is 7.30. The normalized spacial score (nSPS) is 19.7. The van der Waals surface area contributed by atoms with Crippen molar-refractivity contribution in [1.82, 2.24) is 4.98 Å². The molecule has 1 aromatic heterocycles. The van der Waals surface area contributed by atoms with Crippen LogP contribution in [0.25, 0.3) is 16.0 Å². The van der Waals surface area contributed by atoms with Crippen LogP contribution < -0.4 is 14.4 Å². The standard InChI is InChI=1S/C32H29ClN2O5S/c1-17(2)11-12-39-23-6-4-5-19(15-23)28-27(29(36)20-7-10-25-21(14-20)13-18(3)40-25)30(37)31(38)35(28)32-34-24-9-8-22(33)16-26(24)41-32/h4-10,14-18,28,36H,11-13H2,1-3H3/t18-,28-/m1/s1. The molecule has 210 valence electrons. The van der Waals surface area contributed by atoms with Gasteiger partial charge < -0.3 is 14.6 Å². The molecule has 1 N–H and O–H groups in total. The molecule has 0 spiro atoms. The van der Waals surface area contributed by atoms with Crippen LogP contribution in [0.15, 0.2) is 66.2 Å². The molecule has 0 unspecified atom stereocenters. The molecule has 3 heterocycles. The molecule has 0 bridgehead atoms. The van der Waals surface area contributed by atoms with Crippen LogP contribution in [0, 0.1) is 5.92 Å². The van der Waals surface area contributed by atoms with Gasteiger partial charge in [0.15, 0.2) is 5.13 Å². The molecule has 1 amide bonds. The van der Waals surface area contributed by atoms with Gasteiger partial charge in [0.05, 0.1) is 28.4 Å². The number of aromatic nitrogens is 1. The Morgan fingerprint density at radius 3 is 2.80 bits per heavy atom.